The average molecular weight is 619 g/mol. The fourth-order valence-corrected chi connectivity index (χ4v) is 8.50. The first-order chi connectivity index (χ1) is 19.5. The SMILES string of the molecule is O=C(Cc1ccncc1)N1CC[C@@]2(S(=O)(=O)c3ccc(F)cc3)c3ccc(C(F)(C(F)(F)F)C(F)(F)F)cc3CC[C@@H]12. The lowest BCUT2D eigenvalue weighted by Crippen LogP contribution is -2.53. The summed E-state index contributed by atoms with van der Waals surface area (Å²) in [6.45, 7) is -0.0889. The monoisotopic (exact) mass is 618 g/mol. The molecule has 2 heterocycles. The van der Waals surface area contributed by atoms with Crippen LogP contribution in [0.5, 0.6) is 0 Å². The molecule has 0 bridgehead atoms. The topological polar surface area (TPSA) is 67.3 Å². The normalized spacial score (nSPS) is 21.1. The van der Waals surface area contributed by atoms with Gasteiger partial charge in [-0.3, -0.25) is 9.78 Å². The number of halogens is 8. The predicted molar refractivity (Wildman–Crippen MR) is 133 cm³/mol. The van der Waals surface area contributed by atoms with Gasteiger partial charge in [0, 0.05) is 24.5 Å². The van der Waals surface area contributed by atoms with E-state index in [2.05, 4.69) is 4.98 Å². The molecule has 1 amide bonds. The molecule has 1 aromatic heterocycles. The number of fused-ring (bicyclic) bond motifs is 3. The highest BCUT2D eigenvalue weighted by Crippen LogP contribution is 2.56. The molecule has 0 saturated carbocycles. The standard InChI is InChI=1S/C28H22F8N2O3S/c29-20-3-5-21(6-4-20)42(40,41)25-11-14-38(24(39)15-17-9-12-37-13-10-17)23(25)8-1-18-16-19(2-7-22(18)25)26(30,27(31,32)33)28(34,35)36/h2-7,9-10,12-13,16,23H,1,8,11,14-15H2/t23-,25-/m1/s1. The van der Waals surface area contributed by atoms with Crippen molar-refractivity contribution in [3.05, 3.63) is 95.1 Å². The molecule has 5 nitrogen and oxygen atoms in total. The Balaban J connectivity index is 1.67. The zero-order chi connectivity index (χ0) is 30.7. The zero-order valence-corrected chi connectivity index (χ0v) is 22.3. The average Bonchev–Trinajstić information content (AvgIpc) is 3.34. The van der Waals surface area contributed by atoms with Crippen molar-refractivity contribution < 1.29 is 48.3 Å². The maximum absolute atomic E-state index is 14.9. The smallest absolute Gasteiger partial charge is 0.337 e. The van der Waals surface area contributed by atoms with E-state index in [-0.39, 0.29) is 48.3 Å². The second-order valence-electron chi connectivity index (χ2n) is 10.3. The van der Waals surface area contributed by atoms with Gasteiger partial charge in [0.15, 0.2) is 9.84 Å². The largest absolute Gasteiger partial charge is 0.435 e. The van der Waals surface area contributed by atoms with Gasteiger partial charge < -0.3 is 4.90 Å². The minimum absolute atomic E-state index is 0.0889. The van der Waals surface area contributed by atoms with E-state index in [0.29, 0.717) is 17.7 Å². The highest BCUT2D eigenvalue weighted by Gasteiger charge is 2.73. The van der Waals surface area contributed by atoms with E-state index in [4.69, 9.17) is 0 Å². The van der Waals surface area contributed by atoms with E-state index in [0.717, 1.165) is 30.3 Å². The van der Waals surface area contributed by atoms with Crippen molar-refractivity contribution in [3.63, 3.8) is 0 Å². The molecule has 3 aromatic rings. The van der Waals surface area contributed by atoms with E-state index < -0.39 is 55.9 Å². The molecule has 1 saturated heterocycles. The number of carbonyl (C=O) groups is 1. The molecule has 5 rings (SSSR count). The van der Waals surface area contributed by atoms with E-state index in [1.807, 2.05) is 0 Å². The van der Waals surface area contributed by atoms with Gasteiger partial charge in [-0.2, -0.15) is 26.3 Å². The predicted octanol–water partition coefficient (Wildman–Crippen LogP) is 5.97. The number of rotatable bonds is 5. The van der Waals surface area contributed by atoms with E-state index in [1.54, 1.807) is 12.1 Å². The Morgan fingerprint density at radius 2 is 1.55 bits per heavy atom. The molecule has 0 spiro atoms. The van der Waals surface area contributed by atoms with Crippen LogP contribution in [-0.2, 0) is 37.9 Å². The maximum Gasteiger partial charge on any atom is 0.435 e. The van der Waals surface area contributed by atoms with Crippen molar-refractivity contribution in [2.24, 2.45) is 0 Å². The van der Waals surface area contributed by atoms with E-state index in [9.17, 15) is 48.3 Å². The summed E-state index contributed by atoms with van der Waals surface area (Å²) in [5, 5.41) is 0. The number of aryl methyl sites for hydroxylation is 1. The van der Waals surface area contributed by atoms with E-state index >= 15 is 0 Å². The van der Waals surface area contributed by atoms with Crippen molar-refractivity contribution in [3.8, 4) is 0 Å². The summed E-state index contributed by atoms with van der Waals surface area (Å²) in [6.07, 6.45) is -10.5. The fraction of sp³-hybridized carbons (Fsp3) is 0.357. The highest BCUT2D eigenvalue weighted by molar-refractivity contribution is 7.92. The Bertz CT molecular complexity index is 1590. The van der Waals surface area contributed by atoms with Crippen LogP contribution in [0.2, 0.25) is 0 Å². The highest BCUT2D eigenvalue weighted by atomic mass is 32.2. The second-order valence-corrected chi connectivity index (χ2v) is 12.5. The van der Waals surface area contributed by atoms with Gasteiger partial charge in [0.25, 0.3) is 0 Å². The number of hydrogen-bond donors (Lipinski definition) is 0. The van der Waals surface area contributed by atoms with Gasteiger partial charge >= 0.3 is 18.0 Å². The summed E-state index contributed by atoms with van der Waals surface area (Å²) >= 11 is 0. The number of pyridine rings is 1. The van der Waals surface area contributed by atoms with Gasteiger partial charge in [-0.15, -0.1) is 0 Å². The summed E-state index contributed by atoms with van der Waals surface area (Å²) in [6, 6.07) is 7.43. The van der Waals surface area contributed by atoms with Crippen LogP contribution in [-0.4, -0.2) is 49.1 Å². The van der Waals surface area contributed by atoms with Gasteiger partial charge in [-0.25, -0.2) is 17.2 Å². The maximum atomic E-state index is 14.9. The minimum atomic E-state index is -6.35. The lowest BCUT2D eigenvalue weighted by Gasteiger charge is -2.43. The Hall–Kier alpha value is -3.55. The first-order valence-electron chi connectivity index (χ1n) is 12.7. The third kappa shape index (κ3) is 4.45. The number of nitrogens with zero attached hydrogens (tertiary/aromatic N) is 2. The van der Waals surface area contributed by atoms with E-state index in [1.165, 1.54) is 17.3 Å². The van der Waals surface area contributed by atoms with Gasteiger partial charge in [-0.1, -0.05) is 18.2 Å². The Labute approximate surface area is 235 Å². The number of carbonyl (C=O) groups excluding carboxylic acids is 1. The van der Waals surface area contributed by atoms with Crippen molar-refractivity contribution in [2.75, 3.05) is 6.54 Å². The third-order valence-corrected chi connectivity index (χ3v) is 10.6. The summed E-state index contributed by atoms with van der Waals surface area (Å²) in [5.41, 5.74) is -7.17. The van der Waals surface area contributed by atoms with Crippen LogP contribution in [0.15, 0.2) is 71.9 Å². The lowest BCUT2D eigenvalue weighted by molar-refractivity contribution is -0.348. The molecule has 1 fully saturated rings. The molecular formula is C28H22F8N2O3S. The molecule has 2 aromatic carbocycles. The number of likely N-dealkylation sites (tertiary alicyclic amines) is 1. The van der Waals surface area contributed by atoms with Crippen LogP contribution < -0.4 is 0 Å². The molecular weight excluding hydrogens is 596 g/mol. The molecule has 1 aliphatic carbocycles. The number of hydrogen-bond acceptors (Lipinski definition) is 4. The minimum Gasteiger partial charge on any atom is -0.337 e. The number of benzene rings is 2. The van der Waals surface area contributed by atoms with Crippen molar-refractivity contribution in [1.82, 2.24) is 9.88 Å². The van der Waals surface area contributed by atoms with Gasteiger partial charge in [0.05, 0.1) is 17.4 Å². The van der Waals surface area contributed by atoms with Crippen LogP contribution in [0.1, 0.15) is 35.1 Å². The first kappa shape index (κ1) is 29.9. The summed E-state index contributed by atoms with van der Waals surface area (Å²) < 4.78 is 136. The molecule has 2 atom stereocenters. The van der Waals surface area contributed by atoms with Gasteiger partial charge in [0.1, 0.15) is 10.6 Å². The Kier molecular flexibility index (Phi) is 7.14. The first-order valence-corrected chi connectivity index (χ1v) is 14.2. The van der Waals surface area contributed by atoms with Crippen LogP contribution in [0.4, 0.5) is 35.1 Å². The second kappa shape index (κ2) is 10.0. The quantitative estimate of drug-likeness (QED) is 0.261. The molecule has 42 heavy (non-hydrogen) atoms. The van der Waals surface area contributed by atoms with Crippen molar-refractivity contribution >= 4 is 15.7 Å². The number of amides is 1. The molecule has 224 valence electrons. The molecule has 0 N–H and O–H groups in total. The van der Waals surface area contributed by atoms with Crippen LogP contribution in [0.25, 0.3) is 0 Å². The zero-order valence-electron chi connectivity index (χ0n) is 21.5. The fourth-order valence-electron chi connectivity index (χ4n) is 6.13. The third-order valence-electron chi connectivity index (χ3n) is 8.09. The molecule has 14 heteroatoms. The Morgan fingerprint density at radius 3 is 2.14 bits per heavy atom. The summed E-state index contributed by atoms with van der Waals surface area (Å²) in [7, 11) is -4.54. The Morgan fingerprint density at radius 1 is 0.929 bits per heavy atom. The summed E-state index contributed by atoms with van der Waals surface area (Å²) in [4.78, 5) is 18.3. The number of aromatic nitrogens is 1. The molecule has 0 unspecified atom stereocenters. The summed E-state index contributed by atoms with van der Waals surface area (Å²) in [5.74, 6) is -1.18. The van der Waals surface area contributed by atoms with Crippen molar-refractivity contribution in [1.29, 1.82) is 0 Å². The lowest BCUT2D eigenvalue weighted by atomic mass is 9.76. The molecule has 0 radical (unpaired) electrons. The van der Waals surface area contributed by atoms with Gasteiger partial charge in [-0.05, 0) is 72.4 Å². The number of sulfone groups is 1. The number of alkyl halides is 7. The van der Waals surface area contributed by atoms with Gasteiger partial charge in [0.2, 0.25) is 5.91 Å². The van der Waals surface area contributed by atoms with Crippen LogP contribution >= 0.6 is 0 Å². The van der Waals surface area contributed by atoms with Crippen molar-refractivity contribution in [2.45, 2.75) is 59.4 Å². The van der Waals surface area contributed by atoms with Crippen LogP contribution in [0.3, 0.4) is 0 Å². The molecule has 1 aliphatic heterocycles. The molecule has 2 aliphatic rings. The van der Waals surface area contributed by atoms with Crippen LogP contribution in [0, 0.1) is 5.82 Å².